The van der Waals surface area contributed by atoms with Crippen molar-refractivity contribution in [1.82, 2.24) is 5.32 Å². The second-order valence-corrected chi connectivity index (χ2v) is 6.21. The van der Waals surface area contributed by atoms with Crippen molar-refractivity contribution in [2.24, 2.45) is 0 Å². The Morgan fingerprint density at radius 2 is 2.00 bits per heavy atom. The number of unbranched alkanes of at least 4 members (excludes halogenated alkanes) is 1. The summed E-state index contributed by atoms with van der Waals surface area (Å²) < 4.78 is 24.9. The van der Waals surface area contributed by atoms with Gasteiger partial charge in [-0.2, -0.15) is 0 Å². The fraction of sp³-hybridized carbons (Fsp3) is 0.462. The number of hydrogen-bond acceptors (Lipinski definition) is 3. The molecule has 0 spiro atoms. The number of amides is 1. The lowest BCUT2D eigenvalue weighted by molar-refractivity contribution is 0.0952. The zero-order valence-electron chi connectivity index (χ0n) is 11.5. The molecule has 2 N–H and O–H groups in total. The minimum absolute atomic E-state index is 0.178. The third-order valence-electron chi connectivity index (χ3n) is 2.69. The van der Waals surface area contributed by atoms with Gasteiger partial charge in [-0.1, -0.05) is 19.4 Å². The van der Waals surface area contributed by atoms with E-state index in [-0.39, 0.29) is 5.91 Å². The van der Waals surface area contributed by atoms with Crippen LogP contribution in [0, 0.1) is 6.92 Å². The fourth-order valence-electron chi connectivity index (χ4n) is 1.67. The van der Waals surface area contributed by atoms with E-state index in [2.05, 4.69) is 10.0 Å². The maximum atomic E-state index is 12.0. The smallest absolute Gasteiger partial charge is 0.251 e. The first-order chi connectivity index (χ1) is 8.85. The van der Waals surface area contributed by atoms with Crippen LogP contribution in [0.2, 0.25) is 0 Å². The standard InChI is InChI=1S/C13H20N2O3S/c1-4-5-9-14-13(16)11-7-6-8-12(10(11)2)15-19(3,17)18/h6-8,15H,4-5,9H2,1-3H3,(H,14,16). The minimum atomic E-state index is -3.34. The van der Waals surface area contributed by atoms with Crippen LogP contribution in [0.5, 0.6) is 0 Å². The molecule has 0 unspecified atom stereocenters. The van der Waals surface area contributed by atoms with E-state index in [4.69, 9.17) is 0 Å². The Labute approximate surface area is 114 Å². The molecular formula is C13H20N2O3S. The first kappa shape index (κ1) is 15.5. The first-order valence-corrected chi connectivity index (χ1v) is 8.10. The van der Waals surface area contributed by atoms with Crippen LogP contribution in [0.4, 0.5) is 5.69 Å². The van der Waals surface area contributed by atoms with E-state index in [0.717, 1.165) is 19.1 Å². The lowest BCUT2D eigenvalue weighted by Crippen LogP contribution is -2.25. The summed E-state index contributed by atoms with van der Waals surface area (Å²) in [5.74, 6) is -0.178. The molecule has 0 aliphatic carbocycles. The van der Waals surface area contributed by atoms with Gasteiger partial charge in [0.15, 0.2) is 0 Å². The highest BCUT2D eigenvalue weighted by Crippen LogP contribution is 2.19. The van der Waals surface area contributed by atoms with Crippen molar-refractivity contribution in [3.63, 3.8) is 0 Å². The van der Waals surface area contributed by atoms with Gasteiger partial charge in [-0.3, -0.25) is 9.52 Å². The normalized spacial score (nSPS) is 11.1. The second kappa shape index (κ2) is 6.56. The van der Waals surface area contributed by atoms with Crippen LogP contribution in [0.1, 0.15) is 35.7 Å². The molecule has 0 aliphatic rings. The summed E-state index contributed by atoms with van der Waals surface area (Å²) in [6, 6.07) is 4.98. The van der Waals surface area contributed by atoms with Gasteiger partial charge in [-0.15, -0.1) is 0 Å². The van der Waals surface area contributed by atoms with Crippen LogP contribution in [0.25, 0.3) is 0 Å². The molecular weight excluding hydrogens is 264 g/mol. The third kappa shape index (κ3) is 4.90. The largest absolute Gasteiger partial charge is 0.352 e. The van der Waals surface area contributed by atoms with Crippen molar-refractivity contribution >= 4 is 21.6 Å². The monoisotopic (exact) mass is 284 g/mol. The number of carbonyl (C=O) groups excluding carboxylic acids is 1. The van der Waals surface area contributed by atoms with E-state index in [0.29, 0.717) is 23.4 Å². The molecule has 19 heavy (non-hydrogen) atoms. The lowest BCUT2D eigenvalue weighted by atomic mass is 10.1. The molecule has 1 aromatic carbocycles. The van der Waals surface area contributed by atoms with Gasteiger partial charge >= 0.3 is 0 Å². The number of anilines is 1. The number of nitrogens with one attached hydrogen (secondary N) is 2. The van der Waals surface area contributed by atoms with Gasteiger partial charge < -0.3 is 5.32 Å². The topological polar surface area (TPSA) is 75.3 Å². The molecule has 0 atom stereocenters. The number of carbonyl (C=O) groups is 1. The molecule has 1 rings (SSSR count). The van der Waals surface area contributed by atoms with E-state index in [9.17, 15) is 13.2 Å². The van der Waals surface area contributed by atoms with Crippen molar-refractivity contribution in [3.05, 3.63) is 29.3 Å². The van der Waals surface area contributed by atoms with Crippen molar-refractivity contribution in [1.29, 1.82) is 0 Å². The van der Waals surface area contributed by atoms with Gasteiger partial charge in [0.1, 0.15) is 0 Å². The number of benzene rings is 1. The van der Waals surface area contributed by atoms with Crippen molar-refractivity contribution in [2.75, 3.05) is 17.5 Å². The molecule has 0 fully saturated rings. The fourth-order valence-corrected chi connectivity index (χ4v) is 2.29. The molecule has 1 amide bonds. The second-order valence-electron chi connectivity index (χ2n) is 4.46. The number of rotatable bonds is 6. The Hall–Kier alpha value is -1.56. The van der Waals surface area contributed by atoms with Gasteiger partial charge in [-0.05, 0) is 31.0 Å². The van der Waals surface area contributed by atoms with Crippen LogP contribution in [0.15, 0.2) is 18.2 Å². The maximum Gasteiger partial charge on any atom is 0.251 e. The predicted octanol–water partition coefficient (Wildman–Crippen LogP) is 1.90. The summed E-state index contributed by atoms with van der Waals surface area (Å²) in [5, 5.41) is 2.81. The molecule has 5 nitrogen and oxygen atoms in total. The number of sulfonamides is 1. The predicted molar refractivity (Wildman–Crippen MR) is 76.9 cm³/mol. The van der Waals surface area contributed by atoms with E-state index in [1.165, 1.54) is 0 Å². The molecule has 0 bridgehead atoms. The molecule has 0 aromatic heterocycles. The molecule has 6 heteroatoms. The summed E-state index contributed by atoms with van der Waals surface area (Å²) >= 11 is 0. The molecule has 0 saturated heterocycles. The summed E-state index contributed by atoms with van der Waals surface area (Å²) in [6.45, 7) is 4.40. The first-order valence-electron chi connectivity index (χ1n) is 6.20. The van der Waals surface area contributed by atoms with Crippen LogP contribution in [0.3, 0.4) is 0 Å². The summed E-state index contributed by atoms with van der Waals surface area (Å²) in [6.07, 6.45) is 3.02. The molecule has 106 valence electrons. The van der Waals surface area contributed by atoms with E-state index >= 15 is 0 Å². The third-order valence-corrected chi connectivity index (χ3v) is 3.28. The number of hydrogen-bond donors (Lipinski definition) is 2. The van der Waals surface area contributed by atoms with Crippen LogP contribution >= 0.6 is 0 Å². The van der Waals surface area contributed by atoms with E-state index in [1.54, 1.807) is 25.1 Å². The van der Waals surface area contributed by atoms with Gasteiger partial charge in [0.2, 0.25) is 10.0 Å². The van der Waals surface area contributed by atoms with Crippen molar-refractivity contribution in [3.8, 4) is 0 Å². The van der Waals surface area contributed by atoms with E-state index in [1.807, 2.05) is 6.92 Å². The molecule has 0 radical (unpaired) electrons. The van der Waals surface area contributed by atoms with E-state index < -0.39 is 10.0 Å². The zero-order chi connectivity index (χ0) is 14.5. The average Bonchev–Trinajstić information content (AvgIpc) is 2.30. The Morgan fingerprint density at radius 3 is 2.58 bits per heavy atom. The molecule has 0 aliphatic heterocycles. The Morgan fingerprint density at radius 1 is 1.32 bits per heavy atom. The van der Waals surface area contributed by atoms with Gasteiger partial charge in [0.25, 0.3) is 5.91 Å². The maximum absolute atomic E-state index is 12.0. The van der Waals surface area contributed by atoms with Crippen LogP contribution in [-0.2, 0) is 10.0 Å². The van der Waals surface area contributed by atoms with Gasteiger partial charge in [0, 0.05) is 12.1 Å². The SMILES string of the molecule is CCCCNC(=O)c1cccc(NS(C)(=O)=O)c1C. The highest BCUT2D eigenvalue weighted by atomic mass is 32.2. The Balaban J connectivity index is 2.91. The summed E-state index contributed by atoms with van der Waals surface area (Å²) in [5.41, 5.74) is 1.55. The zero-order valence-corrected chi connectivity index (χ0v) is 12.3. The average molecular weight is 284 g/mol. The molecule has 0 heterocycles. The molecule has 0 saturated carbocycles. The summed E-state index contributed by atoms with van der Waals surface area (Å²) in [4.78, 5) is 12.0. The minimum Gasteiger partial charge on any atom is -0.352 e. The van der Waals surface area contributed by atoms with Crippen molar-refractivity contribution in [2.45, 2.75) is 26.7 Å². The molecule has 1 aromatic rings. The van der Waals surface area contributed by atoms with Crippen LogP contribution in [-0.4, -0.2) is 27.1 Å². The Bertz CT molecular complexity index is 553. The quantitative estimate of drug-likeness (QED) is 0.783. The Kier molecular flexibility index (Phi) is 5.35. The van der Waals surface area contributed by atoms with Crippen molar-refractivity contribution < 1.29 is 13.2 Å². The van der Waals surface area contributed by atoms with Gasteiger partial charge in [0.05, 0.1) is 11.9 Å². The van der Waals surface area contributed by atoms with Crippen LogP contribution < -0.4 is 10.0 Å². The summed E-state index contributed by atoms with van der Waals surface area (Å²) in [7, 11) is -3.34. The highest BCUT2D eigenvalue weighted by molar-refractivity contribution is 7.92. The lowest BCUT2D eigenvalue weighted by Gasteiger charge is -2.12. The van der Waals surface area contributed by atoms with Gasteiger partial charge in [-0.25, -0.2) is 8.42 Å². The highest BCUT2D eigenvalue weighted by Gasteiger charge is 2.13.